The molecule has 31 heavy (non-hydrogen) atoms. The van der Waals surface area contributed by atoms with Crippen molar-refractivity contribution >= 4 is 50.0 Å². The number of nitrogens with one attached hydrogen (secondary N) is 1. The first kappa shape index (κ1) is 21.3. The van der Waals surface area contributed by atoms with E-state index in [2.05, 4.69) is 10.2 Å². The number of aromatic nitrogens is 1. The Morgan fingerprint density at radius 1 is 1.03 bits per heavy atom. The Balaban J connectivity index is 1.42. The molecular formula is C21H23ClN4O4S. The van der Waals surface area contributed by atoms with Crippen LogP contribution in [0.15, 0.2) is 30.3 Å². The molecule has 8 nitrogen and oxygen atoms in total. The summed E-state index contributed by atoms with van der Waals surface area (Å²) in [5, 5.41) is 4.45. The number of fused-ring (bicyclic) bond motifs is 1. The number of benzene rings is 2. The second-order valence-corrected chi connectivity index (χ2v) is 8.28. The third kappa shape index (κ3) is 4.28. The number of amides is 2. The van der Waals surface area contributed by atoms with Crippen LogP contribution in [0.25, 0.3) is 10.2 Å². The number of methoxy groups -OCH3 is 3. The number of halogens is 1. The largest absolute Gasteiger partial charge is 0.497 e. The quantitative estimate of drug-likeness (QED) is 0.608. The van der Waals surface area contributed by atoms with Gasteiger partial charge in [-0.25, -0.2) is 9.78 Å². The summed E-state index contributed by atoms with van der Waals surface area (Å²) in [6.07, 6.45) is 0. The number of anilines is 2. The lowest BCUT2D eigenvalue weighted by atomic mass is 10.2. The highest BCUT2D eigenvalue weighted by atomic mass is 35.5. The van der Waals surface area contributed by atoms with Crippen LogP contribution in [-0.2, 0) is 0 Å². The lowest BCUT2D eigenvalue weighted by Crippen LogP contribution is -2.50. The van der Waals surface area contributed by atoms with E-state index in [1.165, 1.54) is 11.3 Å². The molecule has 1 fully saturated rings. The van der Waals surface area contributed by atoms with Gasteiger partial charge in [0, 0.05) is 32.2 Å². The minimum Gasteiger partial charge on any atom is -0.497 e. The number of thiazole rings is 1. The van der Waals surface area contributed by atoms with Crippen LogP contribution < -0.4 is 24.4 Å². The molecule has 2 aromatic carbocycles. The number of nitrogens with zero attached hydrogens (tertiary/aromatic N) is 3. The van der Waals surface area contributed by atoms with Gasteiger partial charge in [-0.15, -0.1) is 0 Å². The molecule has 3 aromatic rings. The molecule has 0 unspecified atom stereocenters. The second-order valence-electron chi connectivity index (χ2n) is 6.89. The fraction of sp³-hybridized carbons (Fsp3) is 0.333. The molecule has 4 rings (SSSR count). The van der Waals surface area contributed by atoms with Gasteiger partial charge in [0.15, 0.2) is 5.13 Å². The van der Waals surface area contributed by atoms with Crippen LogP contribution in [0.3, 0.4) is 0 Å². The van der Waals surface area contributed by atoms with Crippen LogP contribution in [0.5, 0.6) is 17.2 Å². The van der Waals surface area contributed by atoms with Crippen LogP contribution in [0.2, 0.25) is 5.02 Å². The Kier molecular flexibility index (Phi) is 6.24. The number of hydrogen-bond donors (Lipinski definition) is 1. The zero-order valence-electron chi connectivity index (χ0n) is 17.5. The van der Waals surface area contributed by atoms with Gasteiger partial charge in [0.25, 0.3) is 0 Å². The van der Waals surface area contributed by atoms with Crippen molar-refractivity contribution < 1.29 is 19.0 Å². The van der Waals surface area contributed by atoms with Crippen LogP contribution in [0.4, 0.5) is 15.6 Å². The Labute approximate surface area is 189 Å². The van der Waals surface area contributed by atoms with Gasteiger partial charge in [0.1, 0.15) is 22.8 Å². The van der Waals surface area contributed by atoms with E-state index in [1.807, 2.05) is 12.1 Å². The highest BCUT2D eigenvalue weighted by molar-refractivity contribution is 7.22. The van der Waals surface area contributed by atoms with Gasteiger partial charge in [0.05, 0.1) is 36.7 Å². The van der Waals surface area contributed by atoms with Crippen molar-refractivity contribution in [3.05, 3.63) is 35.4 Å². The smallest absolute Gasteiger partial charge is 0.322 e. The molecule has 0 bridgehead atoms. The summed E-state index contributed by atoms with van der Waals surface area (Å²) in [7, 11) is 4.77. The van der Waals surface area contributed by atoms with Crippen LogP contribution in [0, 0.1) is 0 Å². The molecule has 0 atom stereocenters. The SMILES string of the molecule is COc1ccc(NC(=O)N2CCN(c3nc4c(OC)ccc(Cl)c4s3)CC2)c(OC)c1. The fourth-order valence-electron chi connectivity index (χ4n) is 3.44. The topological polar surface area (TPSA) is 76.2 Å². The van der Waals surface area contributed by atoms with Crippen molar-refractivity contribution in [2.24, 2.45) is 0 Å². The monoisotopic (exact) mass is 462 g/mol. The number of piperazine rings is 1. The van der Waals surface area contributed by atoms with Gasteiger partial charge in [-0.1, -0.05) is 22.9 Å². The number of ether oxygens (including phenoxy) is 3. The molecular weight excluding hydrogens is 440 g/mol. The predicted octanol–water partition coefficient (Wildman–Crippen LogP) is 4.33. The molecule has 2 amide bonds. The van der Waals surface area contributed by atoms with Crippen LogP contribution >= 0.6 is 22.9 Å². The average molecular weight is 463 g/mol. The number of carbonyl (C=O) groups excluding carboxylic acids is 1. The van der Waals surface area contributed by atoms with Gasteiger partial charge in [-0.3, -0.25) is 0 Å². The Bertz CT molecular complexity index is 1100. The number of carbonyl (C=O) groups is 1. The van der Waals surface area contributed by atoms with Crippen molar-refractivity contribution in [1.29, 1.82) is 0 Å². The molecule has 0 saturated carbocycles. The molecule has 2 heterocycles. The molecule has 1 aromatic heterocycles. The minimum absolute atomic E-state index is 0.169. The minimum atomic E-state index is -0.169. The van der Waals surface area contributed by atoms with E-state index in [-0.39, 0.29) is 6.03 Å². The maximum atomic E-state index is 12.8. The fourth-order valence-corrected chi connectivity index (χ4v) is 4.75. The number of hydrogen-bond acceptors (Lipinski definition) is 7. The Morgan fingerprint density at radius 2 is 1.77 bits per heavy atom. The average Bonchev–Trinajstić information content (AvgIpc) is 3.26. The summed E-state index contributed by atoms with van der Waals surface area (Å²) in [5.74, 6) is 1.91. The van der Waals surface area contributed by atoms with Crippen molar-refractivity contribution in [1.82, 2.24) is 9.88 Å². The highest BCUT2D eigenvalue weighted by Crippen LogP contribution is 2.39. The van der Waals surface area contributed by atoms with E-state index >= 15 is 0 Å². The summed E-state index contributed by atoms with van der Waals surface area (Å²) in [4.78, 5) is 21.4. The van der Waals surface area contributed by atoms with E-state index in [4.69, 9.17) is 30.8 Å². The van der Waals surface area contributed by atoms with E-state index in [9.17, 15) is 4.79 Å². The first-order valence-electron chi connectivity index (χ1n) is 9.70. The molecule has 0 spiro atoms. The van der Waals surface area contributed by atoms with E-state index in [0.29, 0.717) is 54.1 Å². The molecule has 1 aliphatic heterocycles. The molecule has 1 N–H and O–H groups in total. The third-order valence-corrected chi connectivity index (χ3v) is 6.73. The van der Waals surface area contributed by atoms with Gasteiger partial charge in [0.2, 0.25) is 0 Å². The molecule has 10 heteroatoms. The maximum Gasteiger partial charge on any atom is 0.322 e. The van der Waals surface area contributed by atoms with Gasteiger partial charge >= 0.3 is 6.03 Å². The summed E-state index contributed by atoms with van der Waals surface area (Å²) >= 11 is 7.88. The lowest BCUT2D eigenvalue weighted by molar-refractivity contribution is 0.208. The number of rotatable bonds is 5. The second kappa shape index (κ2) is 9.07. The first-order chi connectivity index (χ1) is 15.0. The van der Waals surface area contributed by atoms with Gasteiger partial charge in [-0.2, -0.15) is 0 Å². The van der Waals surface area contributed by atoms with Gasteiger partial charge in [-0.05, 0) is 24.3 Å². The van der Waals surface area contributed by atoms with Crippen molar-refractivity contribution in [3.63, 3.8) is 0 Å². The summed E-state index contributed by atoms with van der Waals surface area (Å²) in [6.45, 7) is 2.50. The van der Waals surface area contributed by atoms with E-state index < -0.39 is 0 Å². The zero-order valence-corrected chi connectivity index (χ0v) is 19.0. The lowest BCUT2D eigenvalue weighted by Gasteiger charge is -2.34. The standard InChI is InChI=1S/C21H23ClN4O4S/c1-28-13-4-6-15(17(12-13)30-3)23-20(27)25-8-10-26(11-9-25)21-24-18-16(29-2)7-5-14(22)19(18)31-21/h4-7,12H,8-11H2,1-3H3,(H,23,27). The predicted molar refractivity (Wildman–Crippen MR) is 124 cm³/mol. The summed E-state index contributed by atoms with van der Waals surface area (Å²) < 4.78 is 16.9. The maximum absolute atomic E-state index is 12.8. The molecule has 0 aliphatic carbocycles. The zero-order chi connectivity index (χ0) is 22.0. The summed E-state index contributed by atoms with van der Waals surface area (Å²) in [5.41, 5.74) is 1.37. The Morgan fingerprint density at radius 3 is 2.45 bits per heavy atom. The highest BCUT2D eigenvalue weighted by Gasteiger charge is 2.25. The molecule has 164 valence electrons. The van der Waals surface area contributed by atoms with Crippen LogP contribution in [0.1, 0.15) is 0 Å². The van der Waals surface area contributed by atoms with E-state index in [1.54, 1.807) is 44.4 Å². The molecule has 1 aliphatic rings. The van der Waals surface area contributed by atoms with Crippen molar-refractivity contribution in [3.8, 4) is 17.2 Å². The molecule has 1 saturated heterocycles. The number of urea groups is 1. The Hall–Kier alpha value is -2.91. The summed E-state index contributed by atoms with van der Waals surface area (Å²) in [6, 6.07) is 8.76. The van der Waals surface area contributed by atoms with E-state index in [0.717, 1.165) is 15.3 Å². The first-order valence-corrected chi connectivity index (χ1v) is 10.9. The molecule has 0 radical (unpaired) electrons. The van der Waals surface area contributed by atoms with Crippen LogP contribution in [-0.4, -0.2) is 63.4 Å². The normalized spacial score (nSPS) is 13.9. The third-order valence-electron chi connectivity index (χ3n) is 5.15. The van der Waals surface area contributed by atoms with Crippen molar-refractivity contribution in [2.45, 2.75) is 0 Å². The van der Waals surface area contributed by atoms with Gasteiger partial charge < -0.3 is 29.3 Å². The van der Waals surface area contributed by atoms with Crippen molar-refractivity contribution in [2.75, 3.05) is 57.7 Å².